The van der Waals surface area contributed by atoms with Crippen molar-refractivity contribution in [2.45, 2.75) is 12.8 Å². The number of benzene rings is 1. The van der Waals surface area contributed by atoms with Crippen LogP contribution in [-0.4, -0.2) is 21.2 Å². The molecule has 0 fully saturated rings. The maximum atomic E-state index is 11.1. The van der Waals surface area contributed by atoms with Gasteiger partial charge in [0.1, 0.15) is 5.49 Å². The van der Waals surface area contributed by atoms with Crippen LogP contribution in [0.3, 0.4) is 0 Å². The predicted octanol–water partition coefficient (Wildman–Crippen LogP) is 0.667. The van der Waals surface area contributed by atoms with E-state index in [1.165, 1.54) is 0 Å². The number of nitrogens with zero attached hydrogens (tertiary/aromatic N) is 3. The van der Waals surface area contributed by atoms with Crippen molar-refractivity contribution in [3.8, 4) is 0 Å². The Bertz CT molecular complexity index is 759. The number of hydrogen-bond acceptors (Lipinski definition) is 4. The Morgan fingerprint density at radius 3 is 2.95 bits per heavy atom. The van der Waals surface area contributed by atoms with E-state index in [-0.39, 0.29) is 5.91 Å². The molecule has 0 radical (unpaired) electrons. The second-order valence-electron chi connectivity index (χ2n) is 4.53. The summed E-state index contributed by atoms with van der Waals surface area (Å²) in [5.41, 5.74) is 5.47. The summed E-state index contributed by atoms with van der Waals surface area (Å²) in [6, 6.07) is 5.70. The molecule has 0 atom stereocenters. The van der Waals surface area contributed by atoms with Gasteiger partial charge in [-0.25, -0.2) is 10.4 Å². The average molecular weight is 255 g/mol. The highest BCUT2D eigenvalue weighted by atomic mass is 16.2. The van der Waals surface area contributed by atoms with Gasteiger partial charge in [0, 0.05) is 25.3 Å². The van der Waals surface area contributed by atoms with Gasteiger partial charge in [0.2, 0.25) is 5.91 Å². The molecule has 1 aromatic heterocycles. The molecule has 0 saturated heterocycles. The van der Waals surface area contributed by atoms with Crippen LogP contribution in [-0.2, 0) is 11.8 Å². The Balaban J connectivity index is 2.10. The van der Waals surface area contributed by atoms with E-state index in [1.807, 2.05) is 18.2 Å². The van der Waals surface area contributed by atoms with Gasteiger partial charge in [-0.15, -0.1) is 0 Å². The number of carbonyl (C=O) groups is 1. The molecule has 3 rings (SSSR count). The van der Waals surface area contributed by atoms with Crippen molar-refractivity contribution >= 4 is 22.5 Å². The molecule has 19 heavy (non-hydrogen) atoms. The fourth-order valence-corrected chi connectivity index (χ4v) is 2.10. The smallest absolute Gasteiger partial charge is 0.240 e. The number of fused-ring (bicyclic) bond motifs is 1. The summed E-state index contributed by atoms with van der Waals surface area (Å²) >= 11 is 0. The number of amides is 1. The Morgan fingerprint density at radius 2 is 2.21 bits per heavy atom. The van der Waals surface area contributed by atoms with E-state index >= 15 is 0 Å². The van der Waals surface area contributed by atoms with Crippen molar-refractivity contribution < 1.29 is 4.79 Å². The summed E-state index contributed by atoms with van der Waals surface area (Å²) in [4.78, 5) is 15.4. The highest BCUT2D eigenvalue weighted by molar-refractivity contribution is 6.05. The molecule has 1 aliphatic heterocycles. The number of aryl methyl sites for hydroxylation is 1. The van der Waals surface area contributed by atoms with Crippen LogP contribution in [0.4, 0.5) is 0 Å². The molecule has 0 spiro atoms. The lowest BCUT2D eigenvalue weighted by atomic mass is 10.0. The van der Waals surface area contributed by atoms with Crippen molar-refractivity contribution in [1.82, 2.24) is 15.0 Å². The number of nitrogens with one attached hydrogen (secondary N) is 2. The largest absolute Gasteiger partial charge is 0.320 e. The fraction of sp³-hybridized carbons (Fsp3) is 0.231. The first-order valence-electron chi connectivity index (χ1n) is 6.01. The van der Waals surface area contributed by atoms with Gasteiger partial charge < -0.3 is 4.57 Å². The molecule has 96 valence electrons. The van der Waals surface area contributed by atoms with E-state index in [1.54, 1.807) is 17.9 Å². The topological polar surface area (TPSA) is 83.1 Å². The van der Waals surface area contributed by atoms with Crippen molar-refractivity contribution in [2.24, 2.45) is 12.1 Å². The minimum Gasteiger partial charge on any atom is -0.320 e. The van der Waals surface area contributed by atoms with Crippen LogP contribution < -0.4 is 10.9 Å². The van der Waals surface area contributed by atoms with E-state index in [9.17, 15) is 4.79 Å². The number of hydrazone groups is 1. The number of hydrogen-bond donors (Lipinski definition) is 2. The Labute approximate surface area is 109 Å². The van der Waals surface area contributed by atoms with Gasteiger partial charge in [0.15, 0.2) is 0 Å². The first-order chi connectivity index (χ1) is 9.15. The number of carbonyl (C=O) groups excluding carboxylic acids is 1. The molecular formula is C13H13N5O. The number of aromatic nitrogens is 2. The van der Waals surface area contributed by atoms with Crippen LogP contribution >= 0.6 is 0 Å². The lowest BCUT2D eigenvalue weighted by Gasteiger charge is -2.12. The SMILES string of the molecule is Cn1cnc2cc(C3=NNC(=O)CC3)ccc2c1=N. The number of rotatable bonds is 1. The quantitative estimate of drug-likeness (QED) is 0.785. The molecular weight excluding hydrogens is 242 g/mol. The molecule has 0 saturated carbocycles. The molecule has 0 bridgehead atoms. The van der Waals surface area contributed by atoms with Crippen molar-refractivity contribution in [3.05, 3.63) is 35.6 Å². The van der Waals surface area contributed by atoms with Crippen LogP contribution in [0.25, 0.3) is 10.9 Å². The molecule has 2 aromatic rings. The third kappa shape index (κ3) is 2.01. The maximum Gasteiger partial charge on any atom is 0.240 e. The van der Waals surface area contributed by atoms with Crippen LogP contribution in [0.2, 0.25) is 0 Å². The molecule has 6 nitrogen and oxygen atoms in total. The van der Waals surface area contributed by atoms with E-state index in [0.29, 0.717) is 18.3 Å². The second-order valence-corrected chi connectivity index (χ2v) is 4.53. The van der Waals surface area contributed by atoms with Crippen LogP contribution in [0.1, 0.15) is 18.4 Å². The van der Waals surface area contributed by atoms with Crippen molar-refractivity contribution in [3.63, 3.8) is 0 Å². The van der Waals surface area contributed by atoms with E-state index in [2.05, 4.69) is 15.5 Å². The van der Waals surface area contributed by atoms with Crippen molar-refractivity contribution in [2.75, 3.05) is 0 Å². The molecule has 0 unspecified atom stereocenters. The second kappa shape index (κ2) is 4.31. The normalized spacial score (nSPS) is 15.2. The fourth-order valence-electron chi connectivity index (χ4n) is 2.10. The molecule has 6 heteroatoms. The highest BCUT2D eigenvalue weighted by Gasteiger charge is 2.13. The van der Waals surface area contributed by atoms with Gasteiger partial charge >= 0.3 is 0 Å². The summed E-state index contributed by atoms with van der Waals surface area (Å²) in [5, 5.41) is 12.8. The Hall–Kier alpha value is -2.50. The first kappa shape index (κ1) is 11.6. The molecule has 0 aliphatic carbocycles. The van der Waals surface area contributed by atoms with Gasteiger partial charge in [-0.1, -0.05) is 6.07 Å². The Kier molecular flexibility index (Phi) is 2.63. The molecule has 2 heterocycles. The average Bonchev–Trinajstić information content (AvgIpc) is 2.43. The van der Waals surface area contributed by atoms with Crippen molar-refractivity contribution in [1.29, 1.82) is 5.41 Å². The van der Waals surface area contributed by atoms with Gasteiger partial charge in [0.25, 0.3) is 0 Å². The standard InChI is InChI=1S/C13H13N5O/c1-18-7-15-11-6-8(2-3-9(11)13(18)14)10-4-5-12(19)17-16-10/h2-3,6-7,14H,4-5H2,1H3,(H,17,19). The van der Waals surface area contributed by atoms with E-state index in [0.717, 1.165) is 22.2 Å². The summed E-state index contributed by atoms with van der Waals surface area (Å²) in [5.74, 6) is -0.0527. The zero-order valence-electron chi connectivity index (χ0n) is 10.5. The Morgan fingerprint density at radius 1 is 1.37 bits per heavy atom. The molecule has 2 N–H and O–H groups in total. The maximum absolute atomic E-state index is 11.1. The van der Waals surface area contributed by atoms with Gasteiger partial charge in [-0.3, -0.25) is 10.2 Å². The minimum absolute atomic E-state index is 0.0527. The minimum atomic E-state index is -0.0527. The predicted molar refractivity (Wildman–Crippen MR) is 70.5 cm³/mol. The summed E-state index contributed by atoms with van der Waals surface area (Å²) < 4.78 is 1.67. The third-order valence-electron chi connectivity index (χ3n) is 3.21. The van der Waals surface area contributed by atoms with Gasteiger partial charge in [-0.2, -0.15) is 5.10 Å². The molecule has 1 amide bonds. The van der Waals surface area contributed by atoms with E-state index in [4.69, 9.17) is 5.41 Å². The lowest BCUT2D eigenvalue weighted by Crippen LogP contribution is -2.26. The van der Waals surface area contributed by atoms with Gasteiger partial charge in [-0.05, 0) is 17.7 Å². The summed E-state index contributed by atoms with van der Waals surface area (Å²) in [7, 11) is 1.80. The molecule has 1 aromatic carbocycles. The van der Waals surface area contributed by atoms with Crippen LogP contribution in [0.5, 0.6) is 0 Å². The van der Waals surface area contributed by atoms with Crippen LogP contribution in [0, 0.1) is 5.41 Å². The zero-order valence-corrected chi connectivity index (χ0v) is 10.5. The third-order valence-corrected chi connectivity index (χ3v) is 3.21. The monoisotopic (exact) mass is 255 g/mol. The van der Waals surface area contributed by atoms with Gasteiger partial charge in [0.05, 0.1) is 17.6 Å². The zero-order chi connectivity index (χ0) is 13.4. The van der Waals surface area contributed by atoms with E-state index < -0.39 is 0 Å². The lowest BCUT2D eigenvalue weighted by molar-refractivity contribution is -0.121. The summed E-state index contributed by atoms with van der Waals surface area (Å²) in [6.07, 6.45) is 2.71. The van der Waals surface area contributed by atoms with Crippen LogP contribution in [0.15, 0.2) is 29.6 Å². The highest BCUT2D eigenvalue weighted by Crippen LogP contribution is 2.14. The first-order valence-corrected chi connectivity index (χ1v) is 6.01. The molecule has 1 aliphatic rings. The summed E-state index contributed by atoms with van der Waals surface area (Å²) in [6.45, 7) is 0.